The molecule has 2 rings (SSSR count). The van der Waals surface area contributed by atoms with Crippen molar-refractivity contribution in [2.45, 2.75) is 13.0 Å². The lowest BCUT2D eigenvalue weighted by atomic mass is 10.1. The molecule has 114 valence electrons. The summed E-state index contributed by atoms with van der Waals surface area (Å²) in [6.07, 6.45) is 0. The third-order valence-electron chi connectivity index (χ3n) is 3.19. The van der Waals surface area contributed by atoms with Gasteiger partial charge in [-0.3, -0.25) is 4.79 Å². The summed E-state index contributed by atoms with van der Waals surface area (Å²) in [4.78, 5) is 26.2. The number of halogens is 1. The van der Waals surface area contributed by atoms with Crippen LogP contribution in [0, 0.1) is 0 Å². The van der Waals surface area contributed by atoms with Crippen LogP contribution in [0.1, 0.15) is 17.3 Å². The molecule has 1 aliphatic rings. The fourth-order valence-electron chi connectivity index (χ4n) is 2.16. The lowest BCUT2D eigenvalue weighted by Gasteiger charge is -2.34. The highest BCUT2D eigenvalue weighted by molar-refractivity contribution is 9.10. The van der Waals surface area contributed by atoms with Gasteiger partial charge in [-0.05, 0) is 25.1 Å². The number of hydrogen-bond donors (Lipinski definition) is 1. The Morgan fingerprint density at radius 3 is 2.95 bits per heavy atom. The van der Waals surface area contributed by atoms with Crippen LogP contribution in [-0.4, -0.2) is 47.5 Å². The Morgan fingerprint density at radius 1 is 1.52 bits per heavy atom. The first-order valence-corrected chi connectivity index (χ1v) is 8.59. The number of carbonyl (C=O) groups is 2. The van der Waals surface area contributed by atoms with Gasteiger partial charge in [-0.15, -0.1) is 0 Å². The predicted molar refractivity (Wildman–Crippen MR) is 87.3 cm³/mol. The highest BCUT2D eigenvalue weighted by Crippen LogP contribution is 2.24. The van der Waals surface area contributed by atoms with Gasteiger partial charge in [0.2, 0.25) is 0 Å². The van der Waals surface area contributed by atoms with Crippen LogP contribution in [-0.2, 0) is 9.53 Å². The van der Waals surface area contributed by atoms with Gasteiger partial charge < -0.3 is 15.4 Å². The number of benzene rings is 1. The second-order valence-electron chi connectivity index (χ2n) is 4.57. The van der Waals surface area contributed by atoms with Gasteiger partial charge in [0, 0.05) is 28.2 Å². The van der Waals surface area contributed by atoms with Crippen LogP contribution in [0.5, 0.6) is 0 Å². The van der Waals surface area contributed by atoms with Gasteiger partial charge in [0.15, 0.2) is 0 Å². The first-order valence-electron chi connectivity index (χ1n) is 6.65. The molecule has 1 saturated heterocycles. The predicted octanol–water partition coefficient (Wildman–Crippen LogP) is 2.15. The molecule has 1 aromatic rings. The number of esters is 1. The van der Waals surface area contributed by atoms with Gasteiger partial charge in [-0.1, -0.05) is 15.9 Å². The van der Waals surface area contributed by atoms with Crippen molar-refractivity contribution in [3.63, 3.8) is 0 Å². The summed E-state index contributed by atoms with van der Waals surface area (Å²) in [5.41, 5.74) is 6.72. The molecular weight excluding hydrogens is 356 g/mol. The zero-order valence-electron chi connectivity index (χ0n) is 11.7. The van der Waals surface area contributed by atoms with Crippen LogP contribution < -0.4 is 5.73 Å². The van der Waals surface area contributed by atoms with Crippen molar-refractivity contribution >= 4 is 45.3 Å². The van der Waals surface area contributed by atoms with Gasteiger partial charge in [-0.25, -0.2) is 4.79 Å². The maximum Gasteiger partial charge on any atom is 0.329 e. The summed E-state index contributed by atoms with van der Waals surface area (Å²) < 4.78 is 5.87. The van der Waals surface area contributed by atoms with E-state index < -0.39 is 6.04 Å². The molecule has 0 aromatic heterocycles. The minimum absolute atomic E-state index is 0.224. The Bertz CT molecular complexity index is 553. The van der Waals surface area contributed by atoms with E-state index in [2.05, 4.69) is 15.9 Å². The smallest absolute Gasteiger partial charge is 0.329 e. The second kappa shape index (κ2) is 7.17. The molecule has 0 aliphatic carbocycles. The topological polar surface area (TPSA) is 72.6 Å². The van der Waals surface area contributed by atoms with E-state index in [0.29, 0.717) is 30.2 Å². The Morgan fingerprint density at radius 2 is 2.29 bits per heavy atom. The van der Waals surface area contributed by atoms with Crippen LogP contribution in [0.4, 0.5) is 5.69 Å². The van der Waals surface area contributed by atoms with E-state index in [4.69, 9.17) is 10.5 Å². The molecule has 1 unspecified atom stereocenters. The van der Waals surface area contributed by atoms with Gasteiger partial charge >= 0.3 is 5.97 Å². The maximum absolute atomic E-state index is 12.7. The summed E-state index contributed by atoms with van der Waals surface area (Å²) in [5.74, 6) is 0.783. The lowest BCUT2D eigenvalue weighted by molar-refractivity contribution is -0.147. The van der Waals surface area contributed by atoms with Crippen molar-refractivity contribution in [3.05, 3.63) is 28.2 Å². The van der Waals surface area contributed by atoms with E-state index in [-0.39, 0.29) is 11.9 Å². The monoisotopic (exact) mass is 372 g/mol. The van der Waals surface area contributed by atoms with Crippen molar-refractivity contribution in [2.75, 3.05) is 30.4 Å². The van der Waals surface area contributed by atoms with Crippen molar-refractivity contribution < 1.29 is 14.3 Å². The quantitative estimate of drug-likeness (QED) is 0.649. The number of nitrogens with zero attached hydrogens (tertiary/aromatic N) is 1. The van der Waals surface area contributed by atoms with Gasteiger partial charge in [0.05, 0.1) is 12.2 Å². The number of nitrogens with two attached hydrogens (primary N) is 1. The molecule has 1 amide bonds. The summed E-state index contributed by atoms with van der Waals surface area (Å²) in [6.45, 7) is 2.58. The Balaban J connectivity index is 2.24. The van der Waals surface area contributed by atoms with Crippen LogP contribution in [0.25, 0.3) is 0 Å². The third kappa shape index (κ3) is 3.71. The SMILES string of the molecule is CCOC(=O)C1CSCCN1C(=O)c1ccc(Br)cc1N. The van der Waals surface area contributed by atoms with E-state index in [1.165, 1.54) is 0 Å². The third-order valence-corrected chi connectivity index (χ3v) is 4.71. The number of anilines is 1. The number of nitrogen functional groups attached to an aromatic ring is 1. The van der Waals surface area contributed by atoms with Crippen LogP contribution in [0.15, 0.2) is 22.7 Å². The van der Waals surface area contributed by atoms with E-state index in [1.807, 2.05) is 0 Å². The van der Waals surface area contributed by atoms with Gasteiger partial charge in [0.1, 0.15) is 6.04 Å². The maximum atomic E-state index is 12.7. The van der Waals surface area contributed by atoms with Crippen LogP contribution in [0.2, 0.25) is 0 Å². The molecule has 1 aromatic carbocycles. The van der Waals surface area contributed by atoms with E-state index >= 15 is 0 Å². The Kier molecular flexibility index (Phi) is 5.52. The van der Waals surface area contributed by atoms with Crippen LogP contribution in [0.3, 0.4) is 0 Å². The average Bonchev–Trinajstić information content (AvgIpc) is 2.47. The molecule has 5 nitrogen and oxygen atoms in total. The first kappa shape index (κ1) is 16.2. The van der Waals surface area contributed by atoms with Gasteiger partial charge in [0.25, 0.3) is 5.91 Å². The van der Waals surface area contributed by atoms with Gasteiger partial charge in [-0.2, -0.15) is 11.8 Å². The molecule has 1 heterocycles. The molecule has 0 radical (unpaired) electrons. The number of thioether (sulfide) groups is 1. The highest BCUT2D eigenvalue weighted by Gasteiger charge is 2.34. The molecule has 0 bridgehead atoms. The van der Waals surface area contributed by atoms with E-state index in [0.717, 1.165) is 10.2 Å². The van der Waals surface area contributed by atoms with Crippen molar-refractivity contribution in [2.24, 2.45) is 0 Å². The van der Waals surface area contributed by atoms with E-state index in [9.17, 15) is 9.59 Å². The largest absolute Gasteiger partial charge is 0.464 e. The first-order chi connectivity index (χ1) is 10.0. The zero-order chi connectivity index (χ0) is 15.4. The second-order valence-corrected chi connectivity index (χ2v) is 6.64. The Hall–Kier alpha value is -1.21. The van der Waals surface area contributed by atoms with E-state index in [1.54, 1.807) is 41.8 Å². The minimum Gasteiger partial charge on any atom is -0.464 e. The highest BCUT2D eigenvalue weighted by atomic mass is 79.9. The summed E-state index contributed by atoms with van der Waals surface area (Å²) in [7, 11) is 0. The Labute approximate surface area is 136 Å². The summed E-state index contributed by atoms with van der Waals surface area (Å²) in [6, 6.07) is 4.58. The molecule has 1 atom stereocenters. The number of amides is 1. The molecule has 7 heteroatoms. The average molecular weight is 373 g/mol. The molecule has 21 heavy (non-hydrogen) atoms. The molecule has 2 N–H and O–H groups in total. The lowest BCUT2D eigenvalue weighted by Crippen LogP contribution is -2.51. The fraction of sp³-hybridized carbons (Fsp3) is 0.429. The normalized spacial score (nSPS) is 18.4. The number of rotatable bonds is 3. The molecular formula is C14H17BrN2O3S. The molecule has 0 saturated carbocycles. The molecule has 1 fully saturated rings. The van der Waals surface area contributed by atoms with Crippen LogP contribution >= 0.6 is 27.7 Å². The number of ether oxygens (including phenoxy) is 1. The van der Waals surface area contributed by atoms with Crippen molar-refractivity contribution in [1.29, 1.82) is 0 Å². The zero-order valence-corrected chi connectivity index (χ0v) is 14.1. The standard InChI is InChI=1S/C14H17BrN2O3S/c1-2-20-14(19)12-8-21-6-5-17(12)13(18)10-4-3-9(15)7-11(10)16/h3-4,7,12H,2,5-6,8,16H2,1H3. The fourth-order valence-corrected chi connectivity index (χ4v) is 3.57. The summed E-state index contributed by atoms with van der Waals surface area (Å²) >= 11 is 4.96. The molecule has 0 spiro atoms. The van der Waals surface area contributed by atoms with Crippen molar-refractivity contribution in [3.8, 4) is 0 Å². The van der Waals surface area contributed by atoms with Crippen molar-refractivity contribution in [1.82, 2.24) is 4.90 Å². The minimum atomic E-state index is -0.542. The number of hydrogen-bond acceptors (Lipinski definition) is 5. The number of carbonyl (C=O) groups excluding carboxylic acids is 2. The summed E-state index contributed by atoms with van der Waals surface area (Å²) in [5, 5.41) is 0. The molecule has 1 aliphatic heterocycles.